The molecule has 0 saturated heterocycles. The molecular weight excluding hydrogens is 592 g/mol. The number of carboxylic acids is 1. The lowest BCUT2D eigenvalue weighted by molar-refractivity contribution is -0.138. The third-order valence-electron chi connectivity index (χ3n) is 10.2. The minimum absolute atomic E-state index is 0.00903. The van der Waals surface area contributed by atoms with Crippen molar-refractivity contribution in [3.05, 3.63) is 71.9 Å². The Bertz CT molecular complexity index is 1640. The number of carbonyl (C=O) groups is 3. The van der Waals surface area contributed by atoms with Crippen LogP contribution in [0, 0.1) is 23.7 Å². The zero-order valence-corrected chi connectivity index (χ0v) is 26.3. The van der Waals surface area contributed by atoms with E-state index < -0.39 is 44.6 Å². The van der Waals surface area contributed by atoms with Gasteiger partial charge in [0.15, 0.2) is 0 Å². The van der Waals surface area contributed by atoms with E-state index >= 15 is 0 Å². The van der Waals surface area contributed by atoms with Gasteiger partial charge in [0.25, 0.3) is 0 Å². The Morgan fingerprint density at radius 3 is 2.24 bits per heavy atom. The first-order valence-electron chi connectivity index (χ1n) is 15.9. The average Bonchev–Trinajstić information content (AvgIpc) is 3.39. The first kappa shape index (κ1) is 31.3. The molecule has 2 atom stereocenters. The molecule has 4 aliphatic rings. The van der Waals surface area contributed by atoms with Gasteiger partial charge in [-0.15, -0.1) is 0 Å². The number of H-pyrrole nitrogens is 1. The molecule has 2 amide bonds. The quantitative estimate of drug-likeness (QED) is 0.191. The van der Waals surface area contributed by atoms with Crippen LogP contribution in [0.25, 0.3) is 10.9 Å². The van der Waals surface area contributed by atoms with Crippen molar-refractivity contribution in [2.75, 3.05) is 6.54 Å². The highest BCUT2D eigenvalue weighted by Gasteiger charge is 2.54. The number of carbonyl (C=O) groups excluding carboxylic acids is 2. The highest BCUT2D eigenvalue weighted by molar-refractivity contribution is 7.90. The van der Waals surface area contributed by atoms with Crippen LogP contribution in [0.15, 0.2) is 60.8 Å². The zero-order valence-electron chi connectivity index (χ0n) is 25.5. The molecule has 1 aromatic heterocycles. The number of amides is 2. The number of para-hydroxylation sites is 1. The van der Waals surface area contributed by atoms with Gasteiger partial charge in [-0.2, -0.15) is 4.72 Å². The lowest BCUT2D eigenvalue weighted by Gasteiger charge is -2.54. The third-order valence-corrected chi connectivity index (χ3v) is 12.4. The molecule has 1 heterocycles. The molecule has 0 unspecified atom stereocenters. The molecule has 2 aromatic carbocycles. The topological polar surface area (TPSA) is 157 Å². The fourth-order valence-corrected chi connectivity index (χ4v) is 10.8. The summed E-state index contributed by atoms with van der Waals surface area (Å²) in [5, 5.41) is 15.2. The van der Waals surface area contributed by atoms with E-state index in [9.17, 15) is 22.8 Å². The van der Waals surface area contributed by atoms with Gasteiger partial charge in [-0.25, -0.2) is 8.42 Å². The molecule has 0 spiro atoms. The highest BCUT2D eigenvalue weighted by atomic mass is 32.2. The number of hydrogen-bond donors (Lipinski definition) is 5. The minimum atomic E-state index is -3.88. The molecule has 7 rings (SSSR count). The molecule has 11 heteroatoms. The Morgan fingerprint density at radius 2 is 1.58 bits per heavy atom. The number of rotatable bonds is 13. The van der Waals surface area contributed by atoms with Crippen molar-refractivity contribution < 1.29 is 27.9 Å². The summed E-state index contributed by atoms with van der Waals surface area (Å²) in [7, 11) is -3.88. The van der Waals surface area contributed by atoms with Gasteiger partial charge in [-0.1, -0.05) is 48.5 Å². The summed E-state index contributed by atoms with van der Waals surface area (Å²) in [5.74, 6) is -0.578. The predicted molar refractivity (Wildman–Crippen MR) is 171 cm³/mol. The second-order valence-corrected chi connectivity index (χ2v) is 15.4. The lowest BCUT2D eigenvalue weighted by atomic mass is 9.56. The summed E-state index contributed by atoms with van der Waals surface area (Å²) < 4.78 is 31.5. The number of hydrogen-bond acceptors (Lipinski definition) is 5. The fraction of sp³-hybridized carbons (Fsp3) is 0.500. The van der Waals surface area contributed by atoms with Crippen molar-refractivity contribution in [3.63, 3.8) is 0 Å². The van der Waals surface area contributed by atoms with E-state index in [0.717, 1.165) is 47.7 Å². The summed E-state index contributed by atoms with van der Waals surface area (Å²) in [4.78, 5) is 41.0. The van der Waals surface area contributed by atoms with Crippen LogP contribution in [0.5, 0.6) is 0 Å². The molecule has 3 aromatic rings. The van der Waals surface area contributed by atoms with Crippen LogP contribution < -0.4 is 15.4 Å². The predicted octanol–water partition coefficient (Wildman–Crippen LogP) is 4.05. The Labute approximate surface area is 263 Å². The number of aromatic amines is 1. The van der Waals surface area contributed by atoms with E-state index in [4.69, 9.17) is 5.11 Å². The van der Waals surface area contributed by atoms with E-state index in [1.165, 1.54) is 6.42 Å². The van der Waals surface area contributed by atoms with Crippen LogP contribution >= 0.6 is 0 Å². The monoisotopic (exact) mass is 634 g/mol. The number of aliphatic carboxylic acids is 1. The Kier molecular flexibility index (Phi) is 8.76. The van der Waals surface area contributed by atoms with Gasteiger partial charge >= 0.3 is 5.97 Å². The van der Waals surface area contributed by atoms with Gasteiger partial charge in [0, 0.05) is 36.5 Å². The third kappa shape index (κ3) is 6.79. The molecular formula is C34H42N4O6S. The average molecular weight is 635 g/mol. The van der Waals surface area contributed by atoms with Crippen molar-refractivity contribution in [1.29, 1.82) is 0 Å². The number of fused-ring (bicyclic) bond motifs is 1. The SMILES string of the molecule is C[C@](Cc1c[nH]c2ccccc12)(NS(=O)(=O)C1C2CC3CC(C2)CC1C3)C(=O)NC[C@H](NC(=O)CCC(=O)O)c1ccccc1. The molecule has 4 saturated carbocycles. The van der Waals surface area contributed by atoms with E-state index in [-0.39, 0.29) is 37.6 Å². The number of aromatic nitrogens is 1. The van der Waals surface area contributed by atoms with Gasteiger partial charge < -0.3 is 20.7 Å². The lowest BCUT2D eigenvalue weighted by Crippen LogP contribution is -2.63. The smallest absolute Gasteiger partial charge is 0.303 e. The maximum Gasteiger partial charge on any atom is 0.303 e. The maximum atomic E-state index is 14.3. The van der Waals surface area contributed by atoms with Crippen LogP contribution in [-0.4, -0.2) is 53.6 Å². The van der Waals surface area contributed by atoms with E-state index in [2.05, 4.69) is 20.3 Å². The largest absolute Gasteiger partial charge is 0.481 e. The fourth-order valence-electron chi connectivity index (χ4n) is 8.40. The zero-order chi connectivity index (χ0) is 31.8. The van der Waals surface area contributed by atoms with Gasteiger partial charge in [0.1, 0.15) is 5.54 Å². The summed E-state index contributed by atoms with van der Waals surface area (Å²) in [6, 6.07) is 16.2. The number of sulfonamides is 1. The molecule has 4 bridgehead atoms. The maximum absolute atomic E-state index is 14.3. The van der Waals surface area contributed by atoms with Crippen LogP contribution in [-0.2, 0) is 30.8 Å². The van der Waals surface area contributed by atoms with Gasteiger partial charge in [0.2, 0.25) is 21.8 Å². The normalized spacial score (nSPS) is 25.8. The minimum Gasteiger partial charge on any atom is -0.481 e. The summed E-state index contributed by atoms with van der Waals surface area (Å²) in [6.45, 7) is 1.63. The summed E-state index contributed by atoms with van der Waals surface area (Å²) in [5.41, 5.74) is 0.923. The highest BCUT2D eigenvalue weighted by Crippen LogP contribution is 2.55. The van der Waals surface area contributed by atoms with E-state index in [1.54, 1.807) is 6.92 Å². The second-order valence-electron chi connectivity index (χ2n) is 13.5. The molecule has 0 aliphatic heterocycles. The van der Waals surface area contributed by atoms with Gasteiger partial charge in [-0.3, -0.25) is 14.4 Å². The van der Waals surface area contributed by atoms with E-state index in [0.29, 0.717) is 11.8 Å². The molecule has 4 aliphatic carbocycles. The molecule has 4 fully saturated rings. The standard InChI is InChI=1S/C34H42N4O6S/c1-34(18-26-19-35-28-10-6-5-9-27(26)28,38-45(43,44)32-24-14-21-13-22(16-24)17-25(32)15-21)33(42)36-20-29(23-7-3-2-4-8-23)37-30(39)11-12-31(40)41/h2-10,19,21-22,24-25,29,32,35,38H,11-18,20H2,1H3,(H,36,42)(H,37,39)(H,40,41)/t21?,22?,24?,25?,29-,32?,34+/m0/s1. The number of carboxylic acid groups (broad SMARTS) is 1. The Morgan fingerprint density at radius 1 is 0.933 bits per heavy atom. The Hall–Kier alpha value is -3.70. The summed E-state index contributed by atoms with van der Waals surface area (Å²) >= 11 is 0. The molecule has 10 nitrogen and oxygen atoms in total. The molecule has 240 valence electrons. The number of nitrogens with one attached hydrogen (secondary N) is 4. The van der Waals surface area contributed by atoms with Gasteiger partial charge in [0.05, 0.1) is 17.7 Å². The van der Waals surface area contributed by atoms with Crippen LogP contribution in [0.2, 0.25) is 0 Å². The van der Waals surface area contributed by atoms with Crippen molar-refractivity contribution >= 4 is 38.7 Å². The van der Waals surface area contributed by atoms with Gasteiger partial charge in [-0.05, 0) is 79.9 Å². The molecule has 45 heavy (non-hydrogen) atoms. The molecule has 0 radical (unpaired) electrons. The first-order chi connectivity index (χ1) is 21.5. The van der Waals surface area contributed by atoms with E-state index in [1.807, 2.05) is 60.8 Å². The first-order valence-corrected chi connectivity index (χ1v) is 17.5. The van der Waals surface area contributed by atoms with Crippen LogP contribution in [0.4, 0.5) is 0 Å². The van der Waals surface area contributed by atoms with Crippen LogP contribution in [0.1, 0.15) is 69.0 Å². The van der Waals surface area contributed by atoms with Crippen LogP contribution in [0.3, 0.4) is 0 Å². The van der Waals surface area contributed by atoms with Crippen molar-refractivity contribution in [2.24, 2.45) is 23.7 Å². The van der Waals surface area contributed by atoms with Crippen molar-refractivity contribution in [2.45, 2.75) is 75.1 Å². The molecule has 5 N–H and O–H groups in total. The van der Waals surface area contributed by atoms with Crippen molar-refractivity contribution in [1.82, 2.24) is 20.3 Å². The second kappa shape index (κ2) is 12.6. The van der Waals surface area contributed by atoms with Crippen molar-refractivity contribution in [3.8, 4) is 0 Å². The Balaban J connectivity index is 1.25. The number of benzene rings is 2. The summed E-state index contributed by atoms with van der Waals surface area (Å²) in [6.07, 6.45) is 6.39.